The number of piperidine rings is 1. The normalized spacial score (nSPS) is 28.5. The average Bonchev–Trinajstić information content (AvgIpc) is 2.87. The number of halogens is 1. The van der Waals surface area contributed by atoms with E-state index < -0.39 is 10.0 Å². The zero-order valence-electron chi connectivity index (χ0n) is 8.76. The third-order valence-corrected chi connectivity index (χ3v) is 4.97. The number of rotatable bonds is 3. The summed E-state index contributed by atoms with van der Waals surface area (Å²) in [6.45, 7) is 1.19. The largest absolute Gasteiger partial charge is 0.327 e. The first-order chi connectivity index (χ1) is 6.58. The Morgan fingerprint density at radius 3 is 2.47 bits per heavy atom. The van der Waals surface area contributed by atoms with Crippen LogP contribution < -0.4 is 5.73 Å². The van der Waals surface area contributed by atoms with Crippen molar-refractivity contribution in [3.8, 4) is 0 Å². The summed E-state index contributed by atoms with van der Waals surface area (Å²) in [5.74, 6) is 0.776. The van der Waals surface area contributed by atoms with Crippen LogP contribution in [0.2, 0.25) is 0 Å². The van der Waals surface area contributed by atoms with Crippen LogP contribution in [0.1, 0.15) is 25.7 Å². The maximum absolute atomic E-state index is 11.9. The van der Waals surface area contributed by atoms with E-state index in [0.29, 0.717) is 24.8 Å². The fourth-order valence-corrected chi connectivity index (χ4v) is 3.88. The molecule has 4 nitrogen and oxygen atoms in total. The molecule has 0 aromatic carbocycles. The predicted molar refractivity (Wildman–Crippen MR) is 62.5 cm³/mol. The lowest BCUT2D eigenvalue weighted by molar-refractivity contribution is 0.315. The molecule has 1 atom stereocenters. The van der Waals surface area contributed by atoms with Gasteiger partial charge in [0.1, 0.15) is 0 Å². The summed E-state index contributed by atoms with van der Waals surface area (Å²) in [5.41, 5.74) is 5.76. The zero-order chi connectivity index (χ0) is 10.2. The number of hydrogen-bond donors (Lipinski definition) is 1. The minimum absolute atomic E-state index is 0. The highest BCUT2D eigenvalue weighted by atomic mass is 35.5. The molecule has 6 heteroatoms. The summed E-state index contributed by atoms with van der Waals surface area (Å²) in [6.07, 6.45) is 4.03. The summed E-state index contributed by atoms with van der Waals surface area (Å²) in [6, 6.07) is 0.0396. The molecule has 0 unspecified atom stereocenters. The van der Waals surface area contributed by atoms with Gasteiger partial charge in [-0.2, -0.15) is 0 Å². The lowest BCUT2D eigenvalue weighted by Gasteiger charge is -2.29. The van der Waals surface area contributed by atoms with Gasteiger partial charge in [-0.15, -0.1) is 12.4 Å². The van der Waals surface area contributed by atoms with Crippen molar-refractivity contribution >= 4 is 22.4 Å². The molecule has 0 aromatic heterocycles. The molecule has 2 aliphatic rings. The van der Waals surface area contributed by atoms with E-state index in [1.807, 2.05) is 0 Å². The van der Waals surface area contributed by atoms with Gasteiger partial charge in [0, 0.05) is 19.1 Å². The van der Waals surface area contributed by atoms with Gasteiger partial charge in [-0.25, -0.2) is 12.7 Å². The molecule has 1 saturated carbocycles. The highest BCUT2D eigenvalue weighted by molar-refractivity contribution is 7.89. The van der Waals surface area contributed by atoms with Crippen LogP contribution in [0.25, 0.3) is 0 Å². The van der Waals surface area contributed by atoms with Crippen LogP contribution in [-0.4, -0.2) is 37.6 Å². The smallest absolute Gasteiger partial charge is 0.214 e. The van der Waals surface area contributed by atoms with Crippen LogP contribution in [-0.2, 0) is 10.0 Å². The maximum Gasteiger partial charge on any atom is 0.214 e. The Labute approximate surface area is 97.7 Å². The molecule has 1 aliphatic carbocycles. The highest BCUT2D eigenvalue weighted by Gasteiger charge is 2.33. The third-order valence-electron chi connectivity index (χ3n) is 2.96. The molecule has 2 fully saturated rings. The van der Waals surface area contributed by atoms with Gasteiger partial charge >= 0.3 is 0 Å². The van der Waals surface area contributed by atoms with Crippen molar-refractivity contribution in [1.29, 1.82) is 0 Å². The van der Waals surface area contributed by atoms with E-state index in [1.54, 1.807) is 4.31 Å². The Morgan fingerprint density at radius 2 is 1.93 bits per heavy atom. The Morgan fingerprint density at radius 1 is 1.27 bits per heavy atom. The summed E-state index contributed by atoms with van der Waals surface area (Å²) in [5, 5.41) is 0. The molecule has 0 aromatic rings. The molecule has 0 amide bonds. The fourth-order valence-electron chi connectivity index (χ4n) is 1.91. The highest BCUT2D eigenvalue weighted by Crippen LogP contribution is 2.31. The van der Waals surface area contributed by atoms with Crippen molar-refractivity contribution in [2.45, 2.75) is 31.7 Å². The summed E-state index contributed by atoms with van der Waals surface area (Å²) in [4.78, 5) is 0. The first-order valence-corrected chi connectivity index (χ1v) is 6.92. The molecule has 1 aliphatic heterocycles. The van der Waals surface area contributed by atoms with Crippen molar-refractivity contribution in [3.63, 3.8) is 0 Å². The van der Waals surface area contributed by atoms with Crippen LogP contribution in [0.3, 0.4) is 0 Å². The molecule has 90 valence electrons. The van der Waals surface area contributed by atoms with Crippen LogP contribution in [0, 0.1) is 5.92 Å². The molecule has 15 heavy (non-hydrogen) atoms. The Hall–Kier alpha value is 0.160. The van der Waals surface area contributed by atoms with E-state index in [2.05, 4.69) is 0 Å². The van der Waals surface area contributed by atoms with Gasteiger partial charge in [0.25, 0.3) is 0 Å². The second-order valence-corrected chi connectivity index (χ2v) is 6.50. The Bertz CT molecular complexity index is 303. The molecular weight excluding hydrogens is 236 g/mol. The second-order valence-electron chi connectivity index (χ2n) is 4.48. The average molecular weight is 255 g/mol. The van der Waals surface area contributed by atoms with Crippen molar-refractivity contribution < 1.29 is 8.42 Å². The molecule has 2 N–H and O–H groups in total. The molecule has 1 saturated heterocycles. The number of hydrogen-bond acceptors (Lipinski definition) is 3. The van der Waals surface area contributed by atoms with Crippen LogP contribution >= 0.6 is 12.4 Å². The quantitative estimate of drug-likeness (QED) is 0.801. The minimum Gasteiger partial charge on any atom is -0.327 e. The van der Waals surface area contributed by atoms with Crippen LogP contribution in [0.5, 0.6) is 0 Å². The summed E-state index contributed by atoms with van der Waals surface area (Å²) < 4.78 is 25.3. The molecule has 0 radical (unpaired) electrons. The second kappa shape index (κ2) is 4.99. The van der Waals surface area contributed by atoms with Crippen molar-refractivity contribution in [2.75, 3.05) is 18.8 Å². The number of nitrogens with zero attached hydrogens (tertiary/aromatic N) is 1. The fraction of sp³-hybridized carbons (Fsp3) is 1.00. The molecular formula is C9H19ClN2O2S. The van der Waals surface area contributed by atoms with Gasteiger partial charge in [-0.3, -0.25) is 0 Å². The van der Waals surface area contributed by atoms with E-state index in [-0.39, 0.29) is 18.4 Å². The van der Waals surface area contributed by atoms with Crippen molar-refractivity contribution in [2.24, 2.45) is 11.7 Å². The standard InChI is InChI=1S/C9H18N2O2S.ClH/c10-9-2-1-5-11(6-9)14(12,13)7-8-3-4-8;/h8-9H,1-7,10H2;1H/t9-;/m1./s1. The lowest BCUT2D eigenvalue weighted by atomic mass is 10.1. The summed E-state index contributed by atoms with van der Waals surface area (Å²) >= 11 is 0. The third kappa shape index (κ3) is 3.59. The Kier molecular flexibility index (Phi) is 4.40. The van der Waals surface area contributed by atoms with Gasteiger partial charge in [0.05, 0.1) is 5.75 Å². The van der Waals surface area contributed by atoms with Gasteiger partial charge in [-0.05, 0) is 31.6 Å². The number of nitrogens with two attached hydrogens (primary N) is 1. The first-order valence-electron chi connectivity index (χ1n) is 5.31. The number of sulfonamides is 1. The van der Waals surface area contributed by atoms with Gasteiger partial charge in [0.15, 0.2) is 0 Å². The van der Waals surface area contributed by atoms with Gasteiger partial charge < -0.3 is 5.73 Å². The molecule has 0 bridgehead atoms. The zero-order valence-corrected chi connectivity index (χ0v) is 10.4. The van der Waals surface area contributed by atoms with E-state index in [1.165, 1.54) is 0 Å². The molecule has 0 spiro atoms. The van der Waals surface area contributed by atoms with Crippen LogP contribution in [0.4, 0.5) is 0 Å². The molecule has 1 heterocycles. The maximum atomic E-state index is 11.9. The van der Waals surface area contributed by atoms with E-state index in [0.717, 1.165) is 25.7 Å². The van der Waals surface area contributed by atoms with Gasteiger partial charge in [0.2, 0.25) is 10.0 Å². The minimum atomic E-state index is -3.00. The summed E-state index contributed by atoms with van der Waals surface area (Å²) in [7, 11) is -3.00. The van der Waals surface area contributed by atoms with E-state index in [4.69, 9.17) is 5.73 Å². The van der Waals surface area contributed by atoms with Crippen molar-refractivity contribution in [1.82, 2.24) is 4.31 Å². The van der Waals surface area contributed by atoms with Crippen molar-refractivity contribution in [3.05, 3.63) is 0 Å². The monoisotopic (exact) mass is 254 g/mol. The first kappa shape index (κ1) is 13.2. The van der Waals surface area contributed by atoms with E-state index in [9.17, 15) is 8.42 Å². The Balaban J connectivity index is 0.00000112. The lowest BCUT2D eigenvalue weighted by Crippen LogP contribution is -2.46. The van der Waals surface area contributed by atoms with Crippen LogP contribution in [0.15, 0.2) is 0 Å². The van der Waals surface area contributed by atoms with Gasteiger partial charge in [-0.1, -0.05) is 0 Å². The topological polar surface area (TPSA) is 63.4 Å². The SMILES string of the molecule is Cl.N[C@@H]1CCCN(S(=O)(=O)CC2CC2)C1. The predicted octanol–water partition coefficient (Wildman–Crippen LogP) is 0.571. The molecule has 2 rings (SSSR count). The van der Waals surface area contributed by atoms with E-state index >= 15 is 0 Å².